The predicted molar refractivity (Wildman–Crippen MR) is 62.3 cm³/mol. The van der Waals surface area contributed by atoms with Crippen LogP contribution in [-0.4, -0.2) is 16.5 Å². The normalized spacial score (nSPS) is 17.3. The molecule has 17 heavy (non-hydrogen) atoms. The van der Waals surface area contributed by atoms with Crippen LogP contribution in [0.5, 0.6) is 0 Å². The lowest BCUT2D eigenvalue weighted by Gasteiger charge is -2.11. The summed E-state index contributed by atoms with van der Waals surface area (Å²) in [5.41, 5.74) is 5.27. The van der Waals surface area contributed by atoms with Crippen LogP contribution in [0.15, 0.2) is 23.0 Å². The molecule has 0 unspecified atom stereocenters. The molecule has 1 aromatic carbocycles. The Morgan fingerprint density at radius 3 is 2.88 bits per heavy atom. The van der Waals surface area contributed by atoms with Crippen molar-refractivity contribution in [3.63, 3.8) is 0 Å². The van der Waals surface area contributed by atoms with Gasteiger partial charge in [0, 0.05) is 12.0 Å². The minimum atomic E-state index is -0.470. The van der Waals surface area contributed by atoms with E-state index in [2.05, 4.69) is 9.97 Å². The molecular weight excluding hydrogens is 221 g/mol. The molecule has 1 heterocycles. The number of para-hydroxylation sites is 1. The Labute approximate surface area is 96.7 Å². The Morgan fingerprint density at radius 2 is 2.24 bits per heavy atom. The molecule has 0 amide bonds. The van der Waals surface area contributed by atoms with Gasteiger partial charge in [0.15, 0.2) is 0 Å². The van der Waals surface area contributed by atoms with Crippen LogP contribution in [0.2, 0.25) is 0 Å². The van der Waals surface area contributed by atoms with Crippen LogP contribution in [0.25, 0.3) is 10.9 Å². The first-order valence-corrected chi connectivity index (χ1v) is 5.55. The van der Waals surface area contributed by atoms with Crippen LogP contribution in [0.1, 0.15) is 18.7 Å². The number of nitrogens with zero attached hydrogens (tertiary/aromatic N) is 1. The predicted octanol–water partition coefficient (Wildman–Crippen LogP) is 1.05. The van der Waals surface area contributed by atoms with Crippen LogP contribution in [0.4, 0.5) is 4.39 Å². The fourth-order valence-corrected chi connectivity index (χ4v) is 2.07. The highest BCUT2D eigenvalue weighted by atomic mass is 19.1. The number of fused-ring (bicyclic) bond motifs is 1. The minimum Gasteiger partial charge on any atom is -0.329 e. The first kappa shape index (κ1) is 10.4. The van der Waals surface area contributed by atoms with Crippen LogP contribution < -0.4 is 11.3 Å². The summed E-state index contributed by atoms with van der Waals surface area (Å²) in [6.45, 7) is 0.426. The first-order valence-electron chi connectivity index (χ1n) is 5.55. The quantitative estimate of drug-likeness (QED) is 0.814. The number of hydrogen-bond donors (Lipinski definition) is 2. The molecule has 0 radical (unpaired) electrons. The molecule has 3 N–H and O–H groups in total. The molecule has 0 aliphatic heterocycles. The third kappa shape index (κ3) is 1.46. The topological polar surface area (TPSA) is 71.8 Å². The lowest BCUT2D eigenvalue weighted by atomic mass is 10.1. The van der Waals surface area contributed by atoms with Crippen molar-refractivity contribution in [3.8, 4) is 0 Å². The molecule has 1 saturated carbocycles. The molecule has 1 fully saturated rings. The average molecular weight is 233 g/mol. The molecule has 0 saturated heterocycles. The van der Waals surface area contributed by atoms with Gasteiger partial charge in [0.25, 0.3) is 5.56 Å². The summed E-state index contributed by atoms with van der Waals surface area (Å²) >= 11 is 0. The molecule has 1 aliphatic rings. The van der Waals surface area contributed by atoms with Gasteiger partial charge in [-0.05, 0) is 25.0 Å². The number of nitrogens with one attached hydrogen (secondary N) is 1. The smallest absolute Gasteiger partial charge is 0.258 e. The second-order valence-electron chi connectivity index (χ2n) is 4.53. The molecule has 0 atom stereocenters. The number of hydrogen-bond acceptors (Lipinski definition) is 3. The van der Waals surface area contributed by atoms with E-state index in [0.29, 0.717) is 12.4 Å². The van der Waals surface area contributed by atoms with Crippen molar-refractivity contribution in [1.82, 2.24) is 9.97 Å². The SMILES string of the molecule is NCC1(c2nc3c(F)cccc3c(=O)[nH]2)CC1. The lowest BCUT2D eigenvalue weighted by molar-refractivity contribution is 0.624. The number of aromatic amines is 1. The third-order valence-corrected chi connectivity index (χ3v) is 3.43. The average Bonchev–Trinajstić information content (AvgIpc) is 3.11. The number of rotatable bonds is 2. The van der Waals surface area contributed by atoms with Crippen molar-refractivity contribution in [2.45, 2.75) is 18.3 Å². The fraction of sp³-hybridized carbons (Fsp3) is 0.333. The zero-order valence-electron chi connectivity index (χ0n) is 9.16. The van der Waals surface area contributed by atoms with E-state index in [4.69, 9.17) is 5.73 Å². The second-order valence-corrected chi connectivity index (χ2v) is 4.53. The summed E-state index contributed by atoms with van der Waals surface area (Å²) in [5.74, 6) is 0.0465. The van der Waals surface area contributed by atoms with Gasteiger partial charge < -0.3 is 10.7 Å². The molecular formula is C12H12FN3O. The van der Waals surface area contributed by atoms with Gasteiger partial charge in [0.2, 0.25) is 0 Å². The monoisotopic (exact) mass is 233 g/mol. The van der Waals surface area contributed by atoms with E-state index in [1.54, 1.807) is 6.07 Å². The highest BCUT2D eigenvalue weighted by molar-refractivity contribution is 5.78. The highest BCUT2D eigenvalue weighted by Gasteiger charge is 2.45. The molecule has 0 spiro atoms. The van der Waals surface area contributed by atoms with Crippen molar-refractivity contribution in [2.24, 2.45) is 5.73 Å². The van der Waals surface area contributed by atoms with Crippen molar-refractivity contribution in [2.75, 3.05) is 6.54 Å². The maximum Gasteiger partial charge on any atom is 0.258 e. The van der Waals surface area contributed by atoms with Crippen molar-refractivity contribution in [1.29, 1.82) is 0 Å². The maximum atomic E-state index is 13.6. The van der Waals surface area contributed by atoms with Gasteiger partial charge in [0.1, 0.15) is 17.2 Å². The molecule has 1 aromatic heterocycles. The molecule has 3 rings (SSSR count). The van der Waals surface area contributed by atoms with E-state index < -0.39 is 5.82 Å². The van der Waals surface area contributed by atoms with Crippen molar-refractivity contribution >= 4 is 10.9 Å². The molecule has 5 heteroatoms. The van der Waals surface area contributed by atoms with Gasteiger partial charge in [-0.1, -0.05) is 6.07 Å². The van der Waals surface area contributed by atoms with Gasteiger partial charge in [-0.2, -0.15) is 0 Å². The zero-order chi connectivity index (χ0) is 12.0. The minimum absolute atomic E-state index is 0.131. The Morgan fingerprint density at radius 1 is 1.47 bits per heavy atom. The standard InChI is InChI=1S/C12H12FN3O/c13-8-3-1-2-7-9(8)15-11(16-10(7)17)12(6-14)4-5-12/h1-3H,4-6,14H2,(H,15,16,17). The van der Waals surface area contributed by atoms with Crippen LogP contribution in [-0.2, 0) is 5.41 Å². The van der Waals surface area contributed by atoms with Gasteiger partial charge in [0.05, 0.1) is 5.39 Å². The van der Waals surface area contributed by atoms with E-state index in [1.807, 2.05) is 0 Å². The summed E-state index contributed by atoms with van der Waals surface area (Å²) in [6.07, 6.45) is 1.79. The Balaban J connectivity index is 2.31. The molecule has 2 aromatic rings. The summed E-state index contributed by atoms with van der Waals surface area (Å²) in [7, 11) is 0. The number of nitrogens with two attached hydrogens (primary N) is 1. The Bertz CT molecular complexity index is 646. The number of aromatic nitrogens is 2. The molecule has 1 aliphatic carbocycles. The summed E-state index contributed by atoms with van der Waals surface area (Å²) < 4.78 is 13.6. The third-order valence-electron chi connectivity index (χ3n) is 3.43. The van der Waals surface area contributed by atoms with Crippen LogP contribution >= 0.6 is 0 Å². The van der Waals surface area contributed by atoms with Crippen molar-refractivity contribution in [3.05, 3.63) is 40.2 Å². The van der Waals surface area contributed by atoms with Gasteiger partial charge in [-0.3, -0.25) is 4.79 Å². The number of halogens is 1. The number of H-pyrrole nitrogens is 1. The Kier molecular flexibility index (Phi) is 2.06. The largest absolute Gasteiger partial charge is 0.329 e. The van der Waals surface area contributed by atoms with E-state index in [9.17, 15) is 9.18 Å². The van der Waals surface area contributed by atoms with Crippen LogP contribution in [0.3, 0.4) is 0 Å². The zero-order valence-corrected chi connectivity index (χ0v) is 9.16. The van der Waals surface area contributed by atoms with E-state index in [0.717, 1.165) is 12.8 Å². The molecule has 0 bridgehead atoms. The number of benzene rings is 1. The van der Waals surface area contributed by atoms with E-state index >= 15 is 0 Å². The van der Waals surface area contributed by atoms with Crippen molar-refractivity contribution < 1.29 is 4.39 Å². The first-order chi connectivity index (χ1) is 8.16. The molecule has 4 nitrogen and oxygen atoms in total. The van der Waals surface area contributed by atoms with E-state index in [-0.39, 0.29) is 21.9 Å². The highest BCUT2D eigenvalue weighted by Crippen LogP contribution is 2.45. The van der Waals surface area contributed by atoms with Gasteiger partial charge in [-0.25, -0.2) is 9.37 Å². The Hall–Kier alpha value is -1.75. The van der Waals surface area contributed by atoms with Gasteiger partial charge in [-0.15, -0.1) is 0 Å². The maximum absolute atomic E-state index is 13.6. The van der Waals surface area contributed by atoms with Crippen LogP contribution in [0, 0.1) is 5.82 Å². The second kappa shape index (κ2) is 3.37. The lowest BCUT2D eigenvalue weighted by Crippen LogP contribution is -2.26. The van der Waals surface area contributed by atoms with E-state index in [1.165, 1.54) is 12.1 Å². The van der Waals surface area contributed by atoms with Gasteiger partial charge >= 0.3 is 0 Å². The summed E-state index contributed by atoms with van der Waals surface area (Å²) in [4.78, 5) is 18.8. The fourth-order valence-electron chi connectivity index (χ4n) is 2.07. The molecule has 88 valence electrons. The summed E-state index contributed by atoms with van der Waals surface area (Å²) in [6, 6.07) is 4.38. The summed E-state index contributed by atoms with van der Waals surface area (Å²) in [5, 5.41) is 0.279.